The fourth-order valence-corrected chi connectivity index (χ4v) is 1.08. The number of rotatable bonds is 0. The molecule has 0 saturated carbocycles. The van der Waals surface area contributed by atoms with Crippen LogP contribution < -0.4 is 0 Å². The standard InChI is InChI=1S/C8H13N/c1-7-4-3-5-9-8(2)6-7/h5-7H,3-4H2,1-2H3. The van der Waals surface area contributed by atoms with Crippen molar-refractivity contribution in [2.45, 2.75) is 26.7 Å². The molecule has 1 heterocycles. The largest absolute Gasteiger partial charge is 0.266 e. The maximum Gasteiger partial charge on any atom is 0.0331 e. The van der Waals surface area contributed by atoms with Crippen LogP contribution in [0.4, 0.5) is 0 Å². The quantitative estimate of drug-likeness (QED) is 0.469. The summed E-state index contributed by atoms with van der Waals surface area (Å²) in [6, 6.07) is 0. The molecule has 9 heavy (non-hydrogen) atoms. The van der Waals surface area contributed by atoms with Gasteiger partial charge in [0.25, 0.3) is 0 Å². The molecule has 0 amide bonds. The van der Waals surface area contributed by atoms with Gasteiger partial charge in [-0.05, 0) is 25.7 Å². The van der Waals surface area contributed by atoms with Gasteiger partial charge in [-0.2, -0.15) is 0 Å². The minimum Gasteiger partial charge on any atom is -0.266 e. The molecule has 1 aliphatic rings. The molecule has 0 spiro atoms. The van der Waals surface area contributed by atoms with Crippen LogP contribution in [0.5, 0.6) is 0 Å². The maximum absolute atomic E-state index is 4.21. The Morgan fingerprint density at radius 2 is 2.44 bits per heavy atom. The Kier molecular flexibility index (Phi) is 2.04. The van der Waals surface area contributed by atoms with Gasteiger partial charge < -0.3 is 0 Å². The lowest BCUT2D eigenvalue weighted by Crippen LogP contribution is -1.87. The molecule has 0 bridgehead atoms. The third kappa shape index (κ3) is 2.00. The van der Waals surface area contributed by atoms with Crippen LogP contribution in [0.25, 0.3) is 0 Å². The maximum atomic E-state index is 4.21. The Balaban J connectivity index is 2.62. The normalized spacial score (nSPS) is 27.3. The van der Waals surface area contributed by atoms with E-state index in [-0.39, 0.29) is 0 Å². The van der Waals surface area contributed by atoms with Crippen LogP contribution in [-0.4, -0.2) is 6.21 Å². The highest BCUT2D eigenvalue weighted by Crippen LogP contribution is 2.12. The fourth-order valence-electron chi connectivity index (χ4n) is 1.08. The van der Waals surface area contributed by atoms with E-state index in [4.69, 9.17) is 0 Å². The molecule has 1 atom stereocenters. The van der Waals surface area contributed by atoms with Gasteiger partial charge in [0.2, 0.25) is 0 Å². The molecule has 0 aromatic heterocycles. The second kappa shape index (κ2) is 2.81. The first-order valence-corrected chi connectivity index (χ1v) is 3.50. The summed E-state index contributed by atoms with van der Waals surface area (Å²) in [5.74, 6) is 0.715. The minimum absolute atomic E-state index is 0.715. The van der Waals surface area contributed by atoms with E-state index in [2.05, 4.69) is 24.9 Å². The highest BCUT2D eigenvalue weighted by molar-refractivity contribution is 5.59. The molecule has 0 aromatic rings. The van der Waals surface area contributed by atoms with Gasteiger partial charge in [-0.1, -0.05) is 13.0 Å². The predicted octanol–water partition coefficient (Wildman–Crippen LogP) is 2.39. The van der Waals surface area contributed by atoms with Gasteiger partial charge in [0.15, 0.2) is 0 Å². The first-order valence-electron chi connectivity index (χ1n) is 3.50. The molecule has 0 aromatic carbocycles. The van der Waals surface area contributed by atoms with E-state index in [9.17, 15) is 0 Å². The SMILES string of the molecule is CC1=CC(C)CCC=N1. The molecule has 0 N–H and O–H groups in total. The van der Waals surface area contributed by atoms with Gasteiger partial charge >= 0.3 is 0 Å². The number of hydrogen-bond donors (Lipinski definition) is 0. The van der Waals surface area contributed by atoms with Gasteiger partial charge in [0.05, 0.1) is 0 Å². The van der Waals surface area contributed by atoms with Gasteiger partial charge in [-0.3, -0.25) is 4.99 Å². The van der Waals surface area contributed by atoms with E-state index in [0.717, 1.165) is 6.42 Å². The minimum atomic E-state index is 0.715. The van der Waals surface area contributed by atoms with Crippen molar-refractivity contribution in [2.24, 2.45) is 10.9 Å². The van der Waals surface area contributed by atoms with Gasteiger partial charge in [-0.25, -0.2) is 0 Å². The summed E-state index contributed by atoms with van der Waals surface area (Å²) in [5.41, 5.74) is 1.17. The molecule has 1 aliphatic heterocycles. The monoisotopic (exact) mass is 123 g/mol. The van der Waals surface area contributed by atoms with E-state index >= 15 is 0 Å². The van der Waals surface area contributed by atoms with E-state index in [1.165, 1.54) is 12.1 Å². The van der Waals surface area contributed by atoms with Crippen LogP contribution in [0.15, 0.2) is 16.8 Å². The van der Waals surface area contributed by atoms with E-state index in [0.29, 0.717) is 5.92 Å². The summed E-state index contributed by atoms with van der Waals surface area (Å²) in [6.07, 6.45) is 6.62. The van der Waals surface area contributed by atoms with Crippen LogP contribution in [0.2, 0.25) is 0 Å². The number of allylic oxidation sites excluding steroid dienone is 2. The molecule has 1 heteroatoms. The Morgan fingerprint density at radius 1 is 1.67 bits per heavy atom. The van der Waals surface area contributed by atoms with Gasteiger partial charge in [0, 0.05) is 11.9 Å². The highest BCUT2D eigenvalue weighted by atomic mass is 14.7. The predicted molar refractivity (Wildman–Crippen MR) is 40.6 cm³/mol. The smallest absolute Gasteiger partial charge is 0.0331 e. The third-order valence-corrected chi connectivity index (χ3v) is 1.57. The highest BCUT2D eigenvalue weighted by Gasteiger charge is 1.99. The zero-order chi connectivity index (χ0) is 6.69. The van der Waals surface area contributed by atoms with Crippen LogP contribution in [0.3, 0.4) is 0 Å². The van der Waals surface area contributed by atoms with Crippen molar-refractivity contribution >= 4 is 6.21 Å². The van der Waals surface area contributed by atoms with Gasteiger partial charge in [-0.15, -0.1) is 0 Å². The topological polar surface area (TPSA) is 12.4 Å². The van der Waals surface area contributed by atoms with Crippen LogP contribution in [0, 0.1) is 5.92 Å². The molecule has 0 saturated heterocycles. The number of nitrogens with zero attached hydrogens (tertiary/aromatic N) is 1. The van der Waals surface area contributed by atoms with Crippen molar-refractivity contribution in [1.29, 1.82) is 0 Å². The van der Waals surface area contributed by atoms with Crippen LogP contribution >= 0.6 is 0 Å². The fraction of sp³-hybridized carbons (Fsp3) is 0.625. The van der Waals surface area contributed by atoms with E-state index in [1.807, 2.05) is 6.21 Å². The zero-order valence-corrected chi connectivity index (χ0v) is 6.09. The Bertz CT molecular complexity index is 145. The summed E-state index contributed by atoms with van der Waals surface area (Å²) in [5, 5.41) is 0. The number of aliphatic imine (C=N–C) groups is 1. The van der Waals surface area contributed by atoms with Crippen molar-refractivity contribution in [1.82, 2.24) is 0 Å². The molecule has 1 rings (SSSR count). The van der Waals surface area contributed by atoms with E-state index in [1.54, 1.807) is 0 Å². The summed E-state index contributed by atoms with van der Waals surface area (Å²) in [4.78, 5) is 4.21. The summed E-state index contributed by atoms with van der Waals surface area (Å²) in [7, 11) is 0. The Morgan fingerprint density at radius 3 is 3.22 bits per heavy atom. The lowest BCUT2D eigenvalue weighted by atomic mass is 10.1. The first-order chi connectivity index (χ1) is 4.29. The summed E-state index contributed by atoms with van der Waals surface area (Å²) in [6.45, 7) is 4.29. The second-order valence-corrected chi connectivity index (χ2v) is 2.67. The molecule has 1 nitrogen and oxygen atoms in total. The third-order valence-electron chi connectivity index (χ3n) is 1.57. The lowest BCUT2D eigenvalue weighted by molar-refractivity contribution is 0.674. The van der Waals surface area contributed by atoms with Crippen LogP contribution in [0.1, 0.15) is 26.7 Å². The molecule has 0 fully saturated rings. The Labute approximate surface area is 56.5 Å². The van der Waals surface area contributed by atoms with Crippen molar-refractivity contribution in [2.75, 3.05) is 0 Å². The molecule has 0 radical (unpaired) electrons. The molecule has 0 aliphatic carbocycles. The van der Waals surface area contributed by atoms with Crippen LogP contribution in [-0.2, 0) is 0 Å². The van der Waals surface area contributed by atoms with E-state index < -0.39 is 0 Å². The van der Waals surface area contributed by atoms with Crippen molar-refractivity contribution < 1.29 is 0 Å². The van der Waals surface area contributed by atoms with Crippen molar-refractivity contribution in [3.05, 3.63) is 11.8 Å². The molecular weight excluding hydrogens is 110 g/mol. The summed E-state index contributed by atoms with van der Waals surface area (Å²) >= 11 is 0. The summed E-state index contributed by atoms with van der Waals surface area (Å²) < 4.78 is 0. The molecule has 50 valence electrons. The average Bonchev–Trinajstić information content (AvgIpc) is 1.93. The average molecular weight is 123 g/mol. The van der Waals surface area contributed by atoms with Gasteiger partial charge in [0.1, 0.15) is 0 Å². The lowest BCUT2D eigenvalue weighted by Gasteiger charge is -1.98. The zero-order valence-electron chi connectivity index (χ0n) is 6.09. The number of hydrogen-bond acceptors (Lipinski definition) is 1. The molecular formula is C8H13N. The van der Waals surface area contributed by atoms with Crippen molar-refractivity contribution in [3.63, 3.8) is 0 Å². The van der Waals surface area contributed by atoms with Crippen molar-refractivity contribution in [3.8, 4) is 0 Å². The first kappa shape index (κ1) is 6.53. The second-order valence-electron chi connectivity index (χ2n) is 2.67. The Hall–Kier alpha value is -0.590. The molecule has 1 unspecified atom stereocenters.